The molecule has 18 heavy (non-hydrogen) atoms. The molecule has 1 rings (SSSR count). The van der Waals surface area contributed by atoms with Gasteiger partial charge in [-0.05, 0) is 13.3 Å². The molecule has 0 aliphatic carbocycles. The summed E-state index contributed by atoms with van der Waals surface area (Å²) in [6.07, 6.45) is 0.997. The number of aromatic nitrogens is 2. The van der Waals surface area contributed by atoms with E-state index in [9.17, 15) is 8.42 Å². The van der Waals surface area contributed by atoms with Gasteiger partial charge in [0.05, 0.1) is 5.75 Å². The fraction of sp³-hybridized carbons (Fsp3) is 0.600. The summed E-state index contributed by atoms with van der Waals surface area (Å²) in [5.41, 5.74) is 0. The van der Waals surface area contributed by atoms with Crippen molar-refractivity contribution in [3.63, 3.8) is 0 Å². The third-order valence-corrected chi connectivity index (χ3v) is 2.86. The second kappa shape index (κ2) is 6.50. The highest BCUT2D eigenvalue weighted by Gasteiger charge is 2.04. The first-order valence-electron chi connectivity index (χ1n) is 5.74. The van der Waals surface area contributed by atoms with Gasteiger partial charge in [0.15, 0.2) is 0 Å². The van der Waals surface area contributed by atoms with Crippen LogP contribution in [0, 0.1) is 6.92 Å². The maximum absolute atomic E-state index is 10.8. The zero-order valence-corrected chi connectivity index (χ0v) is 11.4. The molecular weight excluding hydrogens is 254 g/mol. The smallest absolute Gasteiger partial charge is 0.210 e. The lowest BCUT2D eigenvalue weighted by molar-refractivity contribution is 0.598. The molecule has 4 N–H and O–H groups in total. The van der Waals surface area contributed by atoms with E-state index >= 15 is 0 Å². The normalized spacial score (nSPS) is 11.3. The largest absolute Gasteiger partial charge is 0.370 e. The number of nitrogens with two attached hydrogens (primary N) is 1. The Hall–Kier alpha value is -1.41. The molecule has 0 amide bonds. The third-order valence-electron chi connectivity index (χ3n) is 2.09. The summed E-state index contributed by atoms with van der Waals surface area (Å²) in [6, 6.07) is 1.74. The average molecular weight is 273 g/mol. The quantitative estimate of drug-likeness (QED) is 0.659. The molecular formula is C10H19N5O2S. The zero-order valence-electron chi connectivity index (χ0n) is 10.6. The summed E-state index contributed by atoms with van der Waals surface area (Å²) in [7, 11) is -3.45. The summed E-state index contributed by atoms with van der Waals surface area (Å²) < 4.78 is 21.6. The van der Waals surface area contributed by atoms with E-state index in [1.807, 2.05) is 0 Å². The number of aryl methyl sites for hydroxylation is 1. The van der Waals surface area contributed by atoms with E-state index in [4.69, 9.17) is 5.14 Å². The minimum Gasteiger partial charge on any atom is -0.370 e. The molecule has 0 aromatic carbocycles. The molecule has 102 valence electrons. The van der Waals surface area contributed by atoms with Crippen molar-refractivity contribution in [3.8, 4) is 0 Å². The van der Waals surface area contributed by atoms with Gasteiger partial charge in [-0.3, -0.25) is 0 Å². The van der Waals surface area contributed by atoms with E-state index in [2.05, 4.69) is 27.5 Å². The summed E-state index contributed by atoms with van der Waals surface area (Å²) in [4.78, 5) is 8.39. The van der Waals surface area contributed by atoms with Gasteiger partial charge in [-0.1, -0.05) is 6.92 Å². The summed E-state index contributed by atoms with van der Waals surface area (Å²) in [5.74, 6) is 1.80. The van der Waals surface area contributed by atoms with Gasteiger partial charge in [0, 0.05) is 19.2 Å². The molecule has 1 aromatic rings. The maximum Gasteiger partial charge on any atom is 0.210 e. The highest BCUT2D eigenvalue weighted by atomic mass is 32.2. The molecule has 0 bridgehead atoms. The average Bonchev–Trinajstić information content (AvgIpc) is 2.24. The van der Waals surface area contributed by atoms with E-state index in [0.29, 0.717) is 11.6 Å². The van der Waals surface area contributed by atoms with Crippen molar-refractivity contribution in [2.75, 3.05) is 29.5 Å². The Morgan fingerprint density at radius 3 is 2.28 bits per heavy atom. The molecule has 0 unspecified atom stereocenters. The molecule has 0 saturated heterocycles. The Balaban J connectivity index is 2.62. The second-order valence-electron chi connectivity index (χ2n) is 3.91. The predicted molar refractivity (Wildman–Crippen MR) is 72.0 cm³/mol. The third kappa shape index (κ3) is 5.78. The van der Waals surface area contributed by atoms with Crippen LogP contribution in [0.5, 0.6) is 0 Å². The molecule has 0 spiro atoms. The molecule has 7 nitrogen and oxygen atoms in total. The van der Waals surface area contributed by atoms with Gasteiger partial charge in [-0.2, -0.15) is 0 Å². The van der Waals surface area contributed by atoms with E-state index in [1.54, 1.807) is 13.0 Å². The highest BCUT2D eigenvalue weighted by Crippen LogP contribution is 2.10. The fourth-order valence-corrected chi connectivity index (χ4v) is 1.71. The molecule has 0 radical (unpaired) electrons. The van der Waals surface area contributed by atoms with Crippen LogP contribution in [0.3, 0.4) is 0 Å². The van der Waals surface area contributed by atoms with Crippen molar-refractivity contribution in [1.29, 1.82) is 0 Å². The van der Waals surface area contributed by atoms with E-state index in [1.165, 1.54) is 0 Å². The Morgan fingerprint density at radius 2 is 1.78 bits per heavy atom. The maximum atomic E-state index is 10.8. The molecule has 0 fully saturated rings. The Bertz CT molecular complexity index is 489. The second-order valence-corrected chi connectivity index (χ2v) is 5.64. The number of rotatable bonds is 7. The first kappa shape index (κ1) is 14.7. The van der Waals surface area contributed by atoms with Gasteiger partial charge in [0.2, 0.25) is 10.0 Å². The molecule has 1 aromatic heterocycles. The lowest BCUT2D eigenvalue weighted by Crippen LogP contribution is -2.22. The lowest BCUT2D eigenvalue weighted by Gasteiger charge is -2.09. The van der Waals surface area contributed by atoms with Crippen LogP contribution in [-0.4, -0.2) is 37.2 Å². The number of nitrogens with one attached hydrogen (secondary N) is 2. The highest BCUT2D eigenvalue weighted by molar-refractivity contribution is 7.89. The van der Waals surface area contributed by atoms with Gasteiger partial charge >= 0.3 is 0 Å². The van der Waals surface area contributed by atoms with E-state index in [0.717, 1.165) is 18.8 Å². The monoisotopic (exact) mass is 273 g/mol. The lowest BCUT2D eigenvalue weighted by atomic mass is 10.4. The summed E-state index contributed by atoms with van der Waals surface area (Å²) in [5, 5.41) is 11.0. The SMILES string of the molecule is CCCNc1cc(NCCS(N)(=O)=O)nc(C)n1. The van der Waals surface area contributed by atoms with Crippen LogP contribution in [0.25, 0.3) is 0 Å². The van der Waals surface area contributed by atoms with E-state index in [-0.39, 0.29) is 12.3 Å². The van der Waals surface area contributed by atoms with Crippen molar-refractivity contribution < 1.29 is 8.42 Å². The van der Waals surface area contributed by atoms with Gasteiger partial charge in [-0.25, -0.2) is 23.5 Å². The van der Waals surface area contributed by atoms with Crippen molar-refractivity contribution in [1.82, 2.24) is 9.97 Å². The molecule has 8 heteroatoms. The van der Waals surface area contributed by atoms with Crippen LogP contribution < -0.4 is 15.8 Å². The zero-order chi connectivity index (χ0) is 13.6. The number of primary sulfonamides is 1. The van der Waals surface area contributed by atoms with Crippen LogP contribution in [0.2, 0.25) is 0 Å². The van der Waals surface area contributed by atoms with Crippen molar-refractivity contribution >= 4 is 21.7 Å². The molecule has 0 aliphatic rings. The van der Waals surface area contributed by atoms with Gasteiger partial charge in [-0.15, -0.1) is 0 Å². The van der Waals surface area contributed by atoms with Crippen molar-refractivity contribution in [3.05, 3.63) is 11.9 Å². The summed E-state index contributed by atoms with van der Waals surface area (Å²) >= 11 is 0. The van der Waals surface area contributed by atoms with Crippen LogP contribution in [0.4, 0.5) is 11.6 Å². The molecule has 1 heterocycles. The predicted octanol–water partition coefficient (Wildman–Crippen LogP) is 0.307. The van der Waals surface area contributed by atoms with Crippen molar-refractivity contribution in [2.45, 2.75) is 20.3 Å². The van der Waals surface area contributed by atoms with Gasteiger partial charge in [0.25, 0.3) is 0 Å². The molecule has 0 aliphatic heterocycles. The number of hydrogen-bond acceptors (Lipinski definition) is 6. The van der Waals surface area contributed by atoms with Gasteiger partial charge in [0.1, 0.15) is 17.5 Å². The van der Waals surface area contributed by atoms with Crippen LogP contribution in [0.1, 0.15) is 19.2 Å². The first-order valence-corrected chi connectivity index (χ1v) is 7.46. The van der Waals surface area contributed by atoms with Crippen LogP contribution in [0.15, 0.2) is 6.07 Å². The number of hydrogen-bond donors (Lipinski definition) is 3. The number of nitrogens with zero attached hydrogens (tertiary/aromatic N) is 2. The number of sulfonamides is 1. The van der Waals surface area contributed by atoms with Crippen LogP contribution in [-0.2, 0) is 10.0 Å². The van der Waals surface area contributed by atoms with Crippen molar-refractivity contribution in [2.24, 2.45) is 5.14 Å². The van der Waals surface area contributed by atoms with E-state index < -0.39 is 10.0 Å². The first-order chi connectivity index (χ1) is 8.40. The fourth-order valence-electron chi connectivity index (χ4n) is 1.32. The Morgan fingerprint density at radius 1 is 1.22 bits per heavy atom. The molecule has 0 saturated carbocycles. The van der Waals surface area contributed by atoms with Crippen LogP contribution >= 0.6 is 0 Å². The Kier molecular flexibility index (Phi) is 5.29. The Labute approximate surface area is 107 Å². The molecule has 0 atom stereocenters. The van der Waals surface area contributed by atoms with Gasteiger partial charge < -0.3 is 10.6 Å². The topological polar surface area (TPSA) is 110 Å². The number of anilines is 2. The minimum absolute atomic E-state index is 0.131. The minimum atomic E-state index is -3.45. The standard InChI is InChI=1S/C10H19N5O2S/c1-3-4-12-9-7-10(15-8(2)14-9)13-5-6-18(11,16)17/h7H,3-6H2,1-2H3,(H2,11,16,17)(H2,12,13,14,15). The summed E-state index contributed by atoms with van der Waals surface area (Å²) in [6.45, 7) is 4.89.